The molecule has 0 aromatic heterocycles. The van der Waals surface area contributed by atoms with Crippen molar-refractivity contribution in [3.05, 3.63) is 23.8 Å². The number of allylic oxidation sites excluding steroid dienone is 3. The maximum atomic E-state index is 11.0. The molecule has 12 heavy (non-hydrogen) atoms. The second kappa shape index (κ2) is 6.01. The number of rotatable bonds is 5. The highest BCUT2D eigenvalue weighted by molar-refractivity contribution is 6.29. The van der Waals surface area contributed by atoms with E-state index in [9.17, 15) is 4.79 Å². The lowest BCUT2D eigenvalue weighted by atomic mass is 10.0. The Morgan fingerprint density at radius 2 is 2.25 bits per heavy atom. The SMILES string of the molecule is C=C(Cl)CC(/C=C\CC)C(C)=O. The number of hydrogen-bond donors (Lipinski definition) is 0. The van der Waals surface area contributed by atoms with Gasteiger partial charge in [-0.15, -0.1) is 0 Å². The van der Waals surface area contributed by atoms with Crippen molar-refractivity contribution in [3.63, 3.8) is 0 Å². The van der Waals surface area contributed by atoms with Gasteiger partial charge in [-0.25, -0.2) is 0 Å². The highest BCUT2D eigenvalue weighted by atomic mass is 35.5. The molecule has 0 fully saturated rings. The van der Waals surface area contributed by atoms with Crippen LogP contribution in [0.25, 0.3) is 0 Å². The minimum atomic E-state index is -0.0880. The van der Waals surface area contributed by atoms with Crippen molar-refractivity contribution in [3.8, 4) is 0 Å². The Morgan fingerprint density at radius 3 is 2.58 bits per heavy atom. The fourth-order valence-corrected chi connectivity index (χ4v) is 1.05. The number of carbonyl (C=O) groups excluding carboxylic acids is 1. The molecule has 0 bridgehead atoms. The molecule has 0 aliphatic heterocycles. The van der Waals surface area contributed by atoms with Gasteiger partial charge in [-0.3, -0.25) is 4.79 Å². The Morgan fingerprint density at radius 1 is 1.67 bits per heavy atom. The molecule has 0 aromatic rings. The molecule has 0 saturated carbocycles. The number of halogens is 1. The summed E-state index contributed by atoms with van der Waals surface area (Å²) in [6, 6.07) is 0. The summed E-state index contributed by atoms with van der Waals surface area (Å²) in [5, 5.41) is 0.538. The lowest BCUT2D eigenvalue weighted by Crippen LogP contribution is -2.07. The average Bonchev–Trinajstić information content (AvgIpc) is 1.96. The predicted molar refractivity (Wildman–Crippen MR) is 53.2 cm³/mol. The highest BCUT2D eigenvalue weighted by Gasteiger charge is 2.10. The zero-order valence-electron chi connectivity index (χ0n) is 7.64. The zero-order valence-corrected chi connectivity index (χ0v) is 8.40. The van der Waals surface area contributed by atoms with E-state index in [1.54, 1.807) is 6.92 Å². The smallest absolute Gasteiger partial charge is 0.137 e. The fourth-order valence-electron chi connectivity index (χ4n) is 0.886. The molecule has 0 N–H and O–H groups in total. The van der Waals surface area contributed by atoms with Gasteiger partial charge in [-0.1, -0.05) is 37.3 Å². The van der Waals surface area contributed by atoms with E-state index >= 15 is 0 Å². The first-order valence-corrected chi connectivity index (χ1v) is 4.46. The molecule has 2 heteroatoms. The van der Waals surface area contributed by atoms with E-state index in [1.165, 1.54) is 0 Å². The van der Waals surface area contributed by atoms with Crippen molar-refractivity contribution in [2.75, 3.05) is 0 Å². The number of ketones is 1. The molecule has 0 spiro atoms. The normalized spacial score (nSPS) is 13.2. The maximum absolute atomic E-state index is 11.0. The van der Waals surface area contributed by atoms with Crippen LogP contribution in [0, 0.1) is 5.92 Å². The Labute approximate surface area is 79.1 Å². The first-order valence-electron chi connectivity index (χ1n) is 4.08. The monoisotopic (exact) mass is 186 g/mol. The van der Waals surface area contributed by atoms with E-state index in [1.807, 2.05) is 19.1 Å². The van der Waals surface area contributed by atoms with E-state index in [2.05, 4.69) is 6.58 Å². The fraction of sp³-hybridized carbons (Fsp3) is 0.500. The van der Waals surface area contributed by atoms with Crippen LogP contribution in [0.4, 0.5) is 0 Å². The van der Waals surface area contributed by atoms with Gasteiger partial charge >= 0.3 is 0 Å². The van der Waals surface area contributed by atoms with Gasteiger partial charge in [-0.05, 0) is 19.8 Å². The van der Waals surface area contributed by atoms with Crippen LogP contribution in [0.1, 0.15) is 26.7 Å². The Hall–Kier alpha value is -0.560. The summed E-state index contributed by atoms with van der Waals surface area (Å²) in [4.78, 5) is 11.0. The third-order valence-corrected chi connectivity index (χ3v) is 1.72. The molecule has 0 heterocycles. The van der Waals surface area contributed by atoms with Crippen LogP contribution < -0.4 is 0 Å². The first kappa shape index (κ1) is 11.4. The molecule has 0 aromatic carbocycles. The molecule has 1 unspecified atom stereocenters. The van der Waals surface area contributed by atoms with E-state index in [-0.39, 0.29) is 11.7 Å². The molecule has 0 aliphatic carbocycles. The second-order valence-corrected chi connectivity index (χ2v) is 3.31. The van der Waals surface area contributed by atoms with Crippen molar-refractivity contribution >= 4 is 17.4 Å². The van der Waals surface area contributed by atoms with Crippen LogP contribution in [0.2, 0.25) is 0 Å². The van der Waals surface area contributed by atoms with Gasteiger partial charge in [-0.2, -0.15) is 0 Å². The standard InChI is InChI=1S/C10H15ClO/c1-4-5-6-10(9(3)12)7-8(2)11/h5-6,10H,2,4,7H2,1,3H3/b6-5-. The van der Waals surface area contributed by atoms with Gasteiger partial charge in [0.05, 0.1) is 0 Å². The number of Topliss-reactive ketones (excluding diaryl/α,β-unsaturated/α-hetero) is 1. The third kappa shape index (κ3) is 5.14. The molecular formula is C10H15ClO. The van der Waals surface area contributed by atoms with Crippen molar-refractivity contribution < 1.29 is 4.79 Å². The summed E-state index contributed by atoms with van der Waals surface area (Å²) in [6.07, 6.45) is 5.37. The topological polar surface area (TPSA) is 17.1 Å². The average molecular weight is 187 g/mol. The summed E-state index contributed by atoms with van der Waals surface area (Å²) in [6.45, 7) is 7.17. The maximum Gasteiger partial charge on any atom is 0.137 e. The van der Waals surface area contributed by atoms with Gasteiger partial charge in [0.15, 0.2) is 0 Å². The molecule has 0 aliphatic rings. The van der Waals surface area contributed by atoms with Crippen LogP contribution in [-0.2, 0) is 4.79 Å². The lowest BCUT2D eigenvalue weighted by Gasteiger charge is -2.06. The quantitative estimate of drug-likeness (QED) is 0.603. The molecular weight excluding hydrogens is 172 g/mol. The van der Waals surface area contributed by atoms with Crippen LogP contribution in [0.5, 0.6) is 0 Å². The lowest BCUT2D eigenvalue weighted by molar-refractivity contribution is -0.119. The summed E-state index contributed by atoms with van der Waals surface area (Å²) in [5.74, 6) is 0.0523. The summed E-state index contributed by atoms with van der Waals surface area (Å²) in [5.41, 5.74) is 0. The second-order valence-electron chi connectivity index (χ2n) is 2.77. The van der Waals surface area contributed by atoms with Crippen LogP contribution >= 0.6 is 11.6 Å². The van der Waals surface area contributed by atoms with E-state index in [0.29, 0.717) is 11.5 Å². The van der Waals surface area contributed by atoms with Gasteiger partial charge in [0.2, 0.25) is 0 Å². The van der Waals surface area contributed by atoms with Gasteiger partial charge in [0.25, 0.3) is 0 Å². The molecule has 1 atom stereocenters. The Kier molecular flexibility index (Phi) is 5.73. The van der Waals surface area contributed by atoms with Crippen molar-refractivity contribution in [2.24, 2.45) is 5.92 Å². The number of carbonyl (C=O) groups is 1. The zero-order chi connectivity index (χ0) is 9.56. The molecule has 0 amide bonds. The first-order chi connectivity index (χ1) is 5.57. The Balaban J connectivity index is 4.14. The van der Waals surface area contributed by atoms with Crippen LogP contribution in [-0.4, -0.2) is 5.78 Å². The van der Waals surface area contributed by atoms with E-state index < -0.39 is 0 Å². The molecule has 0 radical (unpaired) electrons. The van der Waals surface area contributed by atoms with Gasteiger partial charge < -0.3 is 0 Å². The largest absolute Gasteiger partial charge is 0.299 e. The van der Waals surface area contributed by atoms with Crippen LogP contribution in [0.15, 0.2) is 23.8 Å². The highest BCUT2D eigenvalue weighted by Crippen LogP contribution is 2.15. The van der Waals surface area contributed by atoms with Crippen molar-refractivity contribution in [1.29, 1.82) is 0 Å². The summed E-state index contributed by atoms with van der Waals surface area (Å²) < 4.78 is 0. The molecule has 0 rings (SSSR count). The predicted octanol–water partition coefficient (Wildman–Crippen LogP) is 3.30. The third-order valence-electron chi connectivity index (χ3n) is 1.57. The minimum absolute atomic E-state index is 0.0880. The molecule has 68 valence electrons. The van der Waals surface area contributed by atoms with Crippen molar-refractivity contribution in [2.45, 2.75) is 26.7 Å². The molecule has 0 saturated heterocycles. The molecule has 1 nitrogen and oxygen atoms in total. The minimum Gasteiger partial charge on any atom is -0.299 e. The summed E-state index contributed by atoms with van der Waals surface area (Å²) in [7, 11) is 0. The van der Waals surface area contributed by atoms with E-state index in [0.717, 1.165) is 6.42 Å². The van der Waals surface area contributed by atoms with Crippen LogP contribution in [0.3, 0.4) is 0 Å². The van der Waals surface area contributed by atoms with E-state index in [4.69, 9.17) is 11.6 Å². The van der Waals surface area contributed by atoms with Gasteiger partial charge in [0, 0.05) is 11.0 Å². The van der Waals surface area contributed by atoms with Crippen molar-refractivity contribution in [1.82, 2.24) is 0 Å². The van der Waals surface area contributed by atoms with Gasteiger partial charge in [0.1, 0.15) is 5.78 Å². The Bertz CT molecular complexity index is 194. The summed E-state index contributed by atoms with van der Waals surface area (Å²) >= 11 is 5.61. The number of hydrogen-bond acceptors (Lipinski definition) is 1.